The normalized spacial score (nSPS) is 11.5. The highest BCUT2D eigenvalue weighted by atomic mass is 35.5. The molecule has 0 saturated heterocycles. The van der Waals surface area contributed by atoms with Crippen LogP contribution in [0.2, 0.25) is 10.0 Å². The van der Waals surface area contributed by atoms with Crippen LogP contribution in [0.1, 0.15) is 10.4 Å². The van der Waals surface area contributed by atoms with E-state index in [1.807, 2.05) is 6.26 Å². The van der Waals surface area contributed by atoms with Crippen LogP contribution in [0.4, 0.5) is 0 Å². The summed E-state index contributed by atoms with van der Waals surface area (Å²) < 4.78 is 26.3. The van der Waals surface area contributed by atoms with Crippen LogP contribution in [-0.2, 0) is 10.0 Å². The lowest BCUT2D eigenvalue weighted by Gasteiger charge is -2.10. The van der Waals surface area contributed by atoms with E-state index in [0.29, 0.717) is 5.75 Å². The summed E-state index contributed by atoms with van der Waals surface area (Å²) in [7, 11) is -3.85. The Morgan fingerprint density at radius 1 is 1.42 bits per heavy atom. The smallest absolute Gasteiger partial charge is 0.338 e. The SMILES string of the molecule is CSCCNS(=O)(=O)c1ccc(Cl)c(C(=O)O)c1Cl. The summed E-state index contributed by atoms with van der Waals surface area (Å²) >= 11 is 13.0. The van der Waals surface area contributed by atoms with Crippen LogP contribution >= 0.6 is 35.0 Å². The van der Waals surface area contributed by atoms with Crippen molar-refractivity contribution in [2.45, 2.75) is 4.90 Å². The van der Waals surface area contributed by atoms with Gasteiger partial charge in [-0.05, 0) is 18.4 Å². The molecule has 5 nitrogen and oxygen atoms in total. The third kappa shape index (κ3) is 4.00. The molecule has 0 unspecified atom stereocenters. The molecule has 9 heteroatoms. The Hall–Kier alpha value is -0.470. The average Bonchev–Trinajstić information content (AvgIpc) is 2.28. The van der Waals surface area contributed by atoms with E-state index in [1.54, 1.807) is 0 Å². The third-order valence-electron chi connectivity index (χ3n) is 2.16. The van der Waals surface area contributed by atoms with Crippen molar-refractivity contribution in [1.82, 2.24) is 4.72 Å². The van der Waals surface area contributed by atoms with Crippen molar-refractivity contribution in [2.75, 3.05) is 18.6 Å². The van der Waals surface area contributed by atoms with Gasteiger partial charge in [-0.2, -0.15) is 11.8 Å². The molecule has 0 radical (unpaired) electrons. The monoisotopic (exact) mass is 343 g/mol. The van der Waals surface area contributed by atoms with E-state index < -0.39 is 26.6 Å². The second-order valence-corrected chi connectivity index (χ2v) is 6.94. The summed E-state index contributed by atoms with van der Waals surface area (Å²) in [5, 5.41) is 8.46. The summed E-state index contributed by atoms with van der Waals surface area (Å²) in [5.41, 5.74) is -0.420. The van der Waals surface area contributed by atoms with Crippen molar-refractivity contribution in [1.29, 1.82) is 0 Å². The number of thioether (sulfide) groups is 1. The zero-order valence-electron chi connectivity index (χ0n) is 9.81. The molecule has 0 fully saturated rings. The lowest BCUT2D eigenvalue weighted by molar-refractivity contribution is 0.0697. The maximum Gasteiger partial charge on any atom is 0.338 e. The van der Waals surface area contributed by atoms with Gasteiger partial charge >= 0.3 is 5.97 Å². The molecule has 2 N–H and O–H groups in total. The van der Waals surface area contributed by atoms with E-state index in [-0.39, 0.29) is 16.5 Å². The second-order valence-electron chi connectivity index (χ2n) is 3.43. The molecule has 106 valence electrons. The highest BCUT2D eigenvalue weighted by Gasteiger charge is 2.24. The van der Waals surface area contributed by atoms with Crippen molar-refractivity contribution in [3.63, 3.8) is 0 Å². The van der Waals surface area contributed by atoms with E-state index in [9.17, 15) is 13.2 Å². The summed E-state index contributed by atoms with van der Waals surface area (Å²) in [6.45, 7) is 0.227. The van der Waals surface area contributed by atoms with Gasteiger partial charge in [-0.25, -0.2) is 17.9 Å². The van der Waals surface area contributed by atoms with Crippen molar-refractivity contribution >= 4 is 51.0 Å². The molecular formula is C10H11Cl2NO4S2. The quantitative estimate of drug-likeness (QED) is 0.774. The van der Waals surface area contributed by atoms with Crippen molar-refractivity contribution in [3.8, 4) is 0 Å². The first kappa shape index (κ1) is 16.6. The molecule has 0 spiro atoms. The van der Waals surface area contributed by atoms with Gasteiger partial charge in [-0.15, -0.1) is 0 Å². The van der Waals surface area contributed by atoms with Crippen LogP contribution in [0.5, 0.6) is 0 Å². The van der Waals surface area contributed by atoms with Gasteiger partial charge in [0.2, 0.25) is 10.0 Å². The summed E-state index contributed by atoms with van der Waals surface area (Å²) in [5.74, 6) is -0.785. The Morgan fingerprint density at radius 3 is 2.58 bits per heavy atom. The van der Waals surface area contributed by atoms with Gasteiger partial charge in [0.05, 0.1) is 15.6 Å². The van der Waals surface area contributed by atoms with E-state index >= 15 is 0 Å². The number of carbonyl (C=O) groups is 1. The van der Waals surface area contributed by atoms with Crippen molar-refractivity contribution < 1.29 is 18.3 Å². The molecule has 19 heavy (non-hydrogen) atoms. The summed E-state index contributed by atoms with van der Waals surface area (Å²) in [6.07, 6.45) is 1.84. The predicted molar refractivity (Wildman–Crippen MR) is 77.0 cm³/mol. The molecule has 1 aromatic carbocycles. The van der Waals surface area contributed by atoms with Gasteiger partial charge in [0.1, 0.15) is 4.90 Å². The molecule has 1 rings (SSSR count). The fraction of sp³-hybridized carbons (Fsp3) is 0.300. The molecule has 0 aliphatic heterocycles. The number of sulfonamides is 1. The molecule has 0 bridgehead atoms. The van der Waals surface area contributed by atoms with Gasteiger partial charge in [0, 0.05) is 12.3 Å². The van der Waals surface area contributed by atoms with Crippen LogP contribution < -0.4 is 4.72 Å². The first-order valence-electron chi connectivity index (χ1n) is 5.01. The zero-order chi connectivity index (χ0) is 14.6. The fourth-order valence-corrected chi connectivity index (χ4v) is 3.68. The van der Waals surface area contributed by atoms with Crippen LogP contribution in [0.3, 0.4) is 0 Å². The number of carboxylic acid groups (broad SMARTS) is 1. The molecule has 0 aliphatic rings. The topological polar surface area (TPSA) is 83.5 Å². The van der Waals surface area contributed by atoms with E-state index in [2.05, 4.69) is 4.72 Å². The minimum Gasteiger partial charge on any atom is -0.478 e. The molecule has 0 atom stereocenters. The van der Waals surface area contributed by atoms with Gasteiger partial charge in [0.15, 0.2) is 0 Å². The Balaban J connectivity index is 3.21. The largest absolute Gasteiger partial charge is 0.478 e. The van der Waals surface area contributed by atoms with Gasteiger partial charge < -0.3 is 5.11 Å². The Morgan fingerprint density at radius 2 is 2.05 bits per heavy atom. The van der Waals surface area contributed by atoms with Gasteiger partial charge in [-0.3, -0.25) is 0 Å². The van der Waals surface area contributed by atoms with Crippen molar-refractivity contribution in [2.24, 2.45) is 0 Å². The second kappa shape index (κ2) is 6.81. The number of halogens is 2. The average molecular weight is 344 g/mol. The number of carboxylic acids is 1. The molecule has 1 aromatic rings. The number of hydrogen-bond acceptors (Lipinski definition) is 4. The standard InChI is InChI=1S/C10H11Cl2NO4S2/c1-18-5-4-13-19(16,17)7-3-2-6(11)8(9(7)12)10(14)15/h2-3,13H,4-5H2,1H3,(H,14,15). The number of nitrogens with one attached hydrogen (secondary N) is 1. The van der Waals surface area contributed by atoms with E-state index in [1.165, 1.54) is 23.9 Å². The van der Waals surface area contributed by atoms with Gasteiger partial charge in [-0.1, -0.05) is 23.2 Å². The number of rotatable bonds is 6. The first-order chi connectivity index (χ1) is 8.81. The molecule has 0 amide bonds. The van der Waals surface area contributed by atoms with Crippen molar-refractivity contribution in [3.05, 3.63) is 27.7 Å². The minimum atomic E-state index is -3.85. The highest BCUT2D eigenvalue weighted by Crippen LogP contribution is 2.30. The van der Waals surface area contributed by atoms with Crippen LogP contribution in [0, 0.1) is 0 Å². The maximum atomic E-state index is 12.0. The lowest BCUT2D eigenvalue weighted by atomic mass is 10.2. The van der Waals surface area contributed by atoms with Crippen LogP contribution in [0.15, 0.2) is 17.0 Å². The Labute approximate surface area is 125 Å². The van der Waals surface area contributed by atoms with E-state index in [4.69, 9.17) is 28.3 Å². The highest BCUT2D eigenvalue weighted by molar-refractivity contribution is 7.98. The van der Waals surface area contributed by atoms with Crippen LogP contribution in [0.25, 0.3) is 0 Å². The maximum absolute atomic E-state index is 12.0. The predicted octanol–water partition coefficient (Wildman–Crippen LogP) is 2.33. The number of hydrogen-bond donors (Lipinski definition) is 2. The Kier molecular flexibility index (Phi) is 5.94. The molecule has 0 heterocycles. The third-order valence-corrected chi connectivity index (χ3v) is 5.09. The Bertz CT molecular complexity index is 589. The number of aromatic carboxylic acids is 1. The summed E-state index contributed by atoms with van der Waals surface area (Å²) in [4.78, 5) is 10.7. The fourth-order valence-electron chi connectivity index (χ4n) is 1.29. The molecule has 0 aliphatic carbocycles. The van der Waals surface area contributed by atoms with Crippen LogP contribution in [-0.4, -0.2) is 38.0 Å². The lowest BCUT2D eigenvalue weighted by Crippen LogP contribution is -2.26. The zero-order valence-corrected chi connectivity index (χ0v) is 13.0. The number of benzene rings is 1. The molecule has 0 saturated carbocycles. The summed E-state index contributed by atoms with van der Waals surface area (Å²) in [6, 6.07) is 2.37. The minimum absolute atomic E-state index is 0.111. The first-order valence-corrected chi connectivity index (χ1v) is 8.64. The molecular weight excluding hydrogens is 333 g/mol. The van der Waals surface area contributed by atoms with Gasteiger partial charge in [0.25, 0.3) is 0 Å². The van der Waals surface area contributed by atoms with E-state index in [0.717, 1.165) is 0 Å². The molecule has 0 aromatic heterocycles.